The minimum Gasteiger partial charge on any atom is -0.378 e. The molecule has 1 aliphatic rings. The minimum absolute atomic E-state index is 0.253. The van der Waals surface area contributed by atoms with Crippen molar-refractivity contribution in [2.45, 2.75) is 39.5 Å². The summed E-state index contributed by atoms with van der Waals surface area (Å²) in [6.07, 6.45) is 0.589. The van der Waals surface area contributed by atoms with Gasteiger partial charge in [0, 0.05) is 64.4 Å². The van der Waals surface area contributed by atoms with E-state index < -0.39 is 6.23 Å². The summed E-state index contributed by atoms with van der Waals surface area (Å²) in [6, 6.07) is 0.474. The molecule has 25 heavy (non-hydrogen) atoms. The zero-order valence-corrected chi connectivity index (χ0v) is 16.7. The molecule has 1 rings (SSSR count). The molecule has 0 amide bonds. The van der Waals surface area contributed by atoms with Crippen molar-refractivity contribution in [3.05, 3.63) is 0 Å². The first-order valence-corrected chi connectivity index (χ1v) is 9.89. The number of hydrogen-bond donors (Lipinski definition) is 6. The zero-order chi connectivity index (χ0) is 18.7. The van der Waals surface area contributed by atoms with E-state index in [1.807, 2.05) is 7.05 Å². The van der Waals surface area contributed by atoms with Crippen LogP contribution in [0.4, 0.5) is 0 Å². The molecule has 4 atom stereocenters. The number of nitrogens with zero attached hydrogens (tertiary/aromatic N) is 1. The Balaban J connectivity index is 2.57. The molecule has 7 N–H and O–H groups in total. The van der Waals surface area contributed by atoms with Crippen molar-refractivity contribution in [2.24, 2.45) is 23.5 Å². The van der Waals surface area contributed by atoms with Gasteiger partial charge in [-0.15, -0.1) is 0 Å². The number of nitrogens with one attached hydrogen (secondary N) is 4. The lowest BCUT2D eigenvalue weighted by atomic mass is 9.92. The third-order valence-electron chi connectivity index (χ3n) is 4.84. The van der Waals surface area contributed by atoms with Gasteiger partial charge in [0.1, 0.15) is 6.23 Å². The summed E-state index contributed by atoms with van der Waals surface area (Å²) in [5.41, 5.74) is 5.56. The third kappa shape index (κ3) is 9.28. The van der Waals surface area contributed by atoms with Gasteiger partial charge in [0.15, 0.2) is 0 Å². The normalized spacial score (nSPS) is 24.0. The zero-order valence-electron chi connectivity index (χ0n) is 16.7. The average molecular weight is 359 g/mol. The van der Waals surface area contributed by atoms with E-state index in [0.717, 1.165) is 52.2 Å². The number of likely N-dealkylation sites (N-methyl/N-ethyl adjacent to an activating group) is 1. The second kappa shape index (κ2) is 13.0. The van der Waals surface area contributed by atoms with Crippen LogP contribution < -0.4 is 27.0 Å². The van der Waals surface area contributed by atoms with Gasteiger partial charge in [-0.2, -0.15) is 0 Å². The van der Waals surface area contributed by atoms with Crippen LogP contribution in [-0.4, -0.2) is 81.8 Å². The fourth-order valence-electron chi connectivity index (χ4n) is 3.62. The maximum absolute atomic E-state index is 10.5. The molecule has 7 heteroatoms. The van der Waals surface area contributed by atoms with E-state index in [4.69, 9.17) is 5.73 Å². The van der Waals surface area contributed by atoms with Crippen molar-refractivity contribution in [3.8, 4) is 0 Å². The Bertz CT molecular complexity index is 331. The summed E-state index contributed by atoms with van der Waals surface area (Å²) in [6.45, 7) is 14.0. The topological polar surface area (TPSA) is 97.6 Å². The second-order valence-corrected chi connectivity index (χ2v) is 7.92. The molecule has 0 bridgehead atoms. The summed E-state index contributed by atoms with van der Waals surface area (Å²) < 4.78 is 0. The Kier molecular flexibility index (Phi) is 11.8. The van der Waals surface area contributed by atoms with Crippen LogP contribution in [0.15, 0.2) is 0 Å². The van der Waals surface area contributed by atoms with Crippen molar-refractivity contribution >= 4 is 0 Å². The van der Waals surface area contributed by atoms with Crippen LogP contribution in [0.5, 0.6) is 0 Å². The Hall–Kier alpha value is -0.280. The molecule has 1 aliphatic heterocycles. The maximum atomic E-state index is 10.5. The standard InChI is InChI=1S/C18H42N6O/c1-14(2)11-24(12-15(3)8-22-13-19)17-7-16(9-21-10-17)18(25)23-6-5-20-4/h14-18,20-23,25H,5-13,19H2,1-4H3. The largest absolute Gasteiger partial charge is 0.378 e. The van der Waals surface area contributed by atoms with E-state index in [2.05, 4.69) is 46.9 Å². The maximum Gasteiger partial charge on any atom is 0.109 e. The Labute approximate surface area is 154 Å². The van der Waals surface area contributed by atoms with Crippen molar-refractivity contribution in [3.63, 3.8) is 0 Å². The van der Waals surface area contributed by atoms with Crippen LogP contribution in [0.2, 0.25) is 0 Å². The van der Waals surface area contributed by atoms with Crippen LogP contribution >= 0.6 is 0 Å². The fourth-order valence-corrected chi connectivity index (χ4v) is 3.62. The van der Waals surface area contributed by atoms with Gasteiger partial charge in [-0.25, -0.2) is 0 Å². The smallest absolute Gasteiger partial charge is 0.109 e. The van der Waals surface area contributed by atoms with Gasteiger partial charge < -0.3 is 26.8 Å². The lowest BCUT2D eigenvalue weighted by Gasteiger charge is -2.41. The highest BCUT2D eigenvalue weighted by Gasteiger charge is 2.31. The van der Waals surface area contributed by atoms with Crippen LogP contribution in [-0.2, 0) is 0 Å². The summed E-state index contributed by atoms with van der Waals surface area (Å²) in [4.78, 5) is 2.60. The Morgan fingerprint density at radius 2 is 1.96 bits per heavy atom. The first-order valence-electron chi connectivity index (χ1n) is 9.89. The highest BCUT2D eigenvalue weighted by atomic mass is 16.3. The van der Waals surface area contributed by atoms with E-state index in [-0.39, 0.29) is 5.92 Å². The predicted octanol–water partition coefficient (Wildman–Crippen LogP) is -0.808. The first kappa shape index (κ1) is 22.8. The van der Waals surface area contributed by atoms with E-state index in [9.17, 15) is 5.11 Å². The number of nitrogens with two attached hydrogens (primary N) is 1. The lowest BCUT2D eigenvalue weighted by molar-refractivity contribution is 0.0290. The monoisotopic (exact) mass is 358 g/mol. The Morgan fingerprint density at radius 3 is 2.60 bits per heavy atom. The molecule has 0 aromatic rings. The van der Waals surface area contributed by atoms with E-state index in [1.54, 1.807) is 0 Å². The quantitative estimate of drug-likeness (QED) is 0.189. The first-order chi connectivity index (χ1) is 12.0. The van der Waals surface area contributed by atoms with Crippen molar-refractivity contribution in [2.75, 3.05) is 59.5 Å². The van der Waals surface area contributed by atoms with Gasteiger partial charge in [0.25, 0.3) is 0 Å². The molecule has 0 aromatic heterocycles. The van der Waals surface area contributed by atoms with Crippen molar-refractivity contribution in [1.82, 2.24) is 26.2 Å². The van der Waals surface area contributed by atoms with Gasteiger partial charge in [-0.3, -0.25) is 10.2 Å². The number of piperidine rings is 1. The lowest BCUT2D eigenvalue weighted by Crippen LogP contribution is -2.55. The van der Waals surface area contributed by atoms with Gasteiger partial charge >= 0.3 is 0 Å². The highest BCUT2D eigenvalue weighted by Crippen LogP contribution is 2.20. The summed E-state index contributed by atoms with van der Waals surface area (Å²) >= 11 is 0. The molecular formula is C18H42N6O. The van der Waals surface area contributed by atoms with Crippen LogP contribution in [0, 0.1) is 17.8 Å². The number of hydrogen-bond acceptors (Lipinski definition) is 7. The number of rotatable bonds is 13. The molecule has 150 valence electrons. The van der Waals surface area contributed by atoms with E-state index in [1.165, 1.54) is 0 Å². The second-order valence-electron chi connectivity index (χ2n) is 7.92. The van der Waals surface area contributed by atoms with Gasteiger partial charge in [0.2, 0.25) is 0 Å². The molecule has 7 nitrogen and oxygen atoms in total. The third-order valence-corrected chi connectivity index (χ3v) is 4.84. The molecule has 0 saturated carbocycles. The molecule has 0 radical (unpaired) electrons. The van der Waals surface area contributed by atoms with Gasteiger partial charge in [-0.1, -0.05) is 20.8 Å². The SMILES string of the molecule is CNCCNC(O)C1CNCC(N(CC(C)C)CC(C)CNCN)C1. The van der Waals surface area contributed by atoms with E-state index in [0.29, 0.717) is 24.5 Å². The average Bonchev–Trinajstić information content (AvgIpc) is 2.59. The fraction of sp³-hybridized carbons (Fsp3) is 1.00. The van der Waals surface area contributed by atoms with Crippen molar-refractivity contribution in [1.29, 1.82) is 0 Å². The summed E-state index contributed by atoms with van der Waals surface area (Å²) in [7, 11) is 1.93. The molecule has 0 aromatic carbocycles. The molecule has 0 aliphatic carbocycles. The molecule has 1 heterocycles. The Morgan fingerprint density at radius 1 is 1.20 bits per heavy atom. The van der Waals surface area contributed by atoms with Gasteiger partial charge in [0.05, 0.1) is 0 Å². The van der Waals surface area contributed by atoms with Crippen LogP contribution in [0.3, 0.4) is 0 Å². The molecule has 0 spiro atoms. The number of aliphatic hydroxyl groups is 1. The number of aliphatic hydroxyl groups excluding tert-OH is 1. The van der Waals surface area contributed by atoms with Crippen molar-refractivity contribution < 1.29 is 5.11 Å². The summed E-state index contributed by atoms with van der Waals surface area (Å²) in [5.74, 6) is 1.44. The molecule has 1 saturated heterocycles. The molecule has 4 unspecified atom stereocenters. The minimum atomic E-state index is -0.444. The van der Waals surface area contributed by atoms with Gasteiger partial charge in [-0.05, 0) is 25.3 Å². The van der Waals surface area contributed by atoms with Crippen LogP contribution in [0.1, 0.15) is 27.2 Å². The summed E-state index contributed by atoms with van der Waals surface area (Å²) in [5, 5.41) is 23.6. The highest BCUT2D eigenvalue weighted by molar-refractivity contribution is 4.87. The predicted molar refractivity (Wildman–Crippen MR) is 105 cm³/mol. The molecular weight excluding hydrogens is 316 g/mol. The van der Waals surface area contributed by atoms with E-state index >= 15 is 0 Å². The molecule has 1 fully saturated rings. The van der Waals surface area contributed by atoms with Crippen LogP contribution in [0.25, 0.3) is 0 Å².